The second kappa shape index (κ2) is 6.29. The molecule has 6 nitrogen and oxygen atoms in total. The van der Waals surface area contributed by atoms with Crippen LogP contribution in [0.1, 0.15) is 34.6 Å². The van der Waals surface area contributed by atoms with Crippen molar-refractivity contribution >= 4 is 5.91 Å². The Morgan fingerprint density at radius 2 is 2.30 bits per heavy atom. The van der Waals surface area contributed by atoms with Crippen LogP contribution in [0.25, 0.3) is 0 Å². The predicted molar refractivity (Wildman–Crippen MR) is 76.1 cm³/mol. The van der Waals surface area contributed by atoms with E-state index in [1.807, 2.05) is 32.0 Å². The normalized spacial score (nSPS) is 12.2. The number of nitrogens with zero attached hydrogens (tertiary/aromatic N) is 3. The molecule has 2 rings (SSSR count). The van der Waals surface area contributed by atoms with Gasteiger partial charge in [0.05, 0.1) is 18.8 Å². The summed E-state index contributed by atoms with van der Waals surface area (Å²) in [7, 11) is 0. The van der Waals surface area contributed by atoms with Crippen LogP contribution in [0, 0.1) is 6.92 Å². The maximum absolute atomic E-state index is 12.1. The Labute approximate surface area is 118 Å². The lowest BCUT2D eigenvalue weighted by molar-refractivity contribution is 0.0934. The van der Waals surface area contributed by atoms with Gasteiger partial charge in [-0.2, -0.15) is 0 Å². The number of carbonyl (C=O) groups is 1. The summed E-state index contributed by atoms with van der Waals surface area (Å²) in [6.07, 6.45) is 1.60. The molecular weight excluding hydrogens is 254 g/mol. The number of hydrogen-bond donors (Lipinski definition) is 2. The van der Waals surface area contributed by atoms with Gasteiger partial charge in [0.25, 0.3) is 5.91 Å². The van der Waals surface area contributed by atoms with E-state index in [4.69, 9.17) is 5.73 Å². The summed E-state index contributed by atoms with van der Waals surface area (Å²) in [4.78, 5) is 12.1. The van der Waals surface area contributed by atoms with Crippen molar-refractivity contribution in [3.63, 3.8) is 0 Å². The summed E-state index contributed by atoms with van der Waals surface area (Å²) in [6, 6.07) is 7.96. The summed E-state index contributed by atoms with van der Waals surface area (Å²) in [5, 5.41) is 10.6. The highest BCUT2D eigenvalue weighted by atomic mass is 16.2. The molecule has 0 unspecified atom stereocenters. The largest absolute Gasteiger partial charge is 0.344 e. The fourth-order valence-corrected chi connectivity index (χ4v) is 1.94. The standard InChI is InChI=1S/C14H19N5O/c1-10-4-3-5-12(8-10)11(2)16-14(20)13-9-19(7-6-15)18-17-13/h3-5,8-9,11H,6-7,15H2,1-2H3,(H,16,20)/t11-/m0/s1. The molecular formula is C14H19N5O. The van der Waals surface area contributed by atoms with E-state index < -0.39 is 0 Å². The Morgan fingerprint density at radius 3 is 3.00 bits per heavy atom. The molecule has 0 fully saturated rings. The zero-order valence-electron chi connectivity index (χ0n) is 11.7. The van der Waals surface area contributed by atoms with E-state index in [2.05, 4.69) is 21.7 Å². The minimum absolute atomic E-state index is 0.0814. The molecule has 1 amide bonds. The van der Waals surface area contributed by atoms with E-state index >= 15 is 0 Å². The Balaban J connectivity index is 2.03. The molecule has 0 bridgehead atoms. The molecule has 0 aliphatic rings. The Morgan fingerprint density at radius 1 is 1.50 bits per heavy atom. The molecule has 20 heavy (non-hydrogen) atoms. The van der Waals surface area contributed by atoms with Crippen molar-refractivity contribution in [3.05, 3.63) is 47.3 Å². The van der Waals surface area contributed by atoms with Gasteiger partial charge in [-0.1, -0.05) is 35.0 Å². The van der Waals surface area contributed by atoms with Gasteiger partial charge in [0.15, 0.2) is 5.69 Å². The number of aryl methyl sites for hydroxylation is 1. The van der Waals surface area contributed by atoms with Gasteiger partial charge >= 0.3 is 0 Å². The highest BCUT2D eigenvalue weighted by Gasteiger charge is 2.14. The number of carbonyl (C=O) groups excluding carboxylic acids is 1. The fourth-order valence-electron chi connectivity index (χ4n) is 1.94. The van der Waals surface area contributed by atoms with Crippen molar-refractivity contribution in [2.45, 2.75) is 26.4 Å². The fraction of sp³-hybridized carbons (Fsp3) is 0.357. The minimum atomic E-state index is -0.234. The second-order valence-electron chi connectivity index (χ2n) is 4.76. The number of rotatable bonds is 5. The Hall–Kier alpha value is -2.21. The quantitative estimate of drug-likeness (QED) is 0.852. The van der Waals surface area contributed by atoms with Crippen LogP contribution in [0.3, 0.4) is 0 Å². The number of nitrogens with two attached hydrogens (primary N) is 1. The molecule has 0 radical (unpaired) electrons. The van der Waals surface area contributed by atoms with Crippen LogP contribution < -0.4 is 11.1 Å². The number of hydrogen-bond acceptors (Lipinski definition) is 4. The van der Waals surface area contributed by atoms with E-state index in [1.165, 1.54) is 0 Å². The first kappa shape index (κ1) is 14.2. The van der Waals surface area contributed by atoms with Crippen LogP contribution in [-0.4, -0.2) is 27.4 Å². The van der Waals surface area contributed by atoms with Gasteiger partial charge in [-0.15, -0.1) is 5.10 Å². The first-order valence-corrected chi connectivity index (χ1v) is 6.58. The van der Waals surface area contributed by atoms with E-state index in [0.29, 0.717) is 18.8 Å². The molecule has 0 aliphatic heterocycles. The van der Waals surface area contributed by atoms with Crippen molar-refractivity contribution in [2.24, 2.45) is 5.73 Å². The lowest BCUT2D eigenvalue weighted by atomic mass is 10.1. The second-order valence-corrected chi connectivity index (χ2v) is 4.76. The maximum atomic E-state index is 12.1. The van der Waals surface area contributed by atoms with E-state index in [9.17, 15) is 4.79 Å². The molecule has 0 spiro atoms. The van der Waals surface area contributed by atoms with Crippen molar-refractivity contribution in [2.75, 3.05) is 6.54 Å². The lowest BCUT2D eigenvalue weighted by Gasteiger charge is -2.13. The van der Waals surface area contributed by atoms with Gasteiger partial charge in [0, 0.05) is 6.54 Å². The van der Waals surface area contributed by atoms with Gasteiger partial charge in [-0.3, -0.25) is 9.48 Å². The van der Waals surface area contributed by atoms with Gasteiger partial charge < -0.3 is 11.1 Å². The van der Waals surface area contributed by atoms with Gasteiger partial charge in [0.2, 0.25) is 0 Å². The summed E-state index contributed by atoms with van der Waals surface area (Å²) >= 11 is 0. The Bertz CT molecular complexity index is 593. The van der Waals surface area contributed by atoms with E-state index in [-0.39, 0.29) is 11.9 Å². The first-order chi connectivity index (χ1) is 9.60. The van der Waals surface area contributed by atoms with E-state index in [0.717, 1.165) is 11.1 Å². The van der Waals surface area contributed by atoms with Crippen molar-refractivity contribution < 1.29 is 4.79 Å². The highest BCUT2D eigenvalue weighted by Crippen LogP contribution is 2.14. The van der Waals surface area contributed by atoms with Gasteiger partial charge in [-0.25, -0.2) is 0 Å². The van der Waals surface area contributed by atoms with Gasteiger partial charge in [-0.05, 0) is 19.4 Å². The third kappa shape index (κ3) is 3.42. The number of nitrogens with one attached hydrogen (secondary N) is 1. The maximum Gasteiger partial charge on any atom is 0.273 e. The number of aromatic nitrogens is 3. The van der Waals surface area contributed by atoms with Crippen molar-refractivity contribution in [3.8, 4) is 0 Å². The molecule has 0 saturated carbocycles. The SMILES string of the molecule is Cc1cccc([C@H](C)NC(=O)c2cn(CCN)nn2)c1. The van der Waals surface area contributed by atoms with Crippen LogP contribution in [0.5, 0.6) is 0 Å². The first-order valence-electron chi connectivity index (χ1n) is 6.58. The molecule has 2 aromatic rings. The van der Waals surface area contributed by atoms with Crippen molar-refractivity contribution in [1.82, 2.24) is 20.3 Å². The predicted octanol–water partition coefficient (Wildman–Crippen LogP) is 1.04. The number of amides is 1. The number of benzene rings is 1. The Kier molecular flexibility index (Phi) is 4.47. The molecule has 1 aromatic carbocycles. The van der Waals surface area contributed by atoms with Crippen LogP contribution in [0.4, 0.5) is 0 Å². The smallest absolute Gasteiger partial charge is 0.273 e. The third-order valence-corrected chi connectivity index (χ3v) is 3.02. The molecule has 0 aliphatic carbocycles. The lowest BCUT2D eigenvalue weighted by Crippen LogP contribution is -2.27. The van der Waals surface area contributed by atoms with Gasteiger partial charge in [0.1, 0.15) is 0 Å². The summed E-state index contributed by atoms with van der Waals surface area (Å²) in [5.41, 5.74) is 7.96. The van der Waals surface area contributed by atoms with Crippen LogP contribution in [0.15, 0.2) is 30.5 Å². The highest BCUT2D eigenvalue weighted by molar-refractivity contribution is 5.92. The zero-order valence-corrected chi connectivity index (χ0v) is 11.7. The van der Waals surface area contributed by atoms with E-state index in [1.54, 1.807) is 10.9 Å². The van der Waals surface area contributed by atoms with Crippen molar-refractivity contribution in [1.29, 1.82) is 0 Å². The molecule has 0 saturated heterocycles. The topological polar surface area (TPSA) is 85.8 Å². The zero-order chi connectivity index (χ0) is 14.5. The average molecular weight is 273 g/mol. The average Bonchev–Trinajstić information content (AvgIpc) is 2.88. The molecule has 6 heteroatoms. The molecule has 1 atom stereocenters. The van der Waals surface area contributed by atoms with Crippen LogP contribution in [-0.2, 0) is 6.54 Å². The monoisotopic (exact) mass is 273 g/mol. The minimum Gasteiger partial charge on any atom is -0.344 e. The molecule has 3 N–H and O–H groups in total. The van der Waals surface area contributed by atoms with Crippen LogP contribution in [0.2, 0.25) is 0 Å². The summed E-state index contributed by atoms with van der Waals surface area (Å²) < 4.78 is 1.56. The summed E-state index contributed by atoms with van der Waals surface area (Å²) in [6.45, 7) is 4.98. The summed E-state index contributed by atoms with van der Waals surface area (Å²) in [5.74, 6) is -0.234. The third-order valence-electron chi connectivity index (χ3n) is 3.02. The van der Waals surface area contributed by atoms with Crippen LogP contribution >= 0.6 is 0 Å². The molecule has 1 heterocycles. The molecule has 106 valence electrons. The molecule has 1 aromatic heterocycles.